The molecule has 0 heterocycles. The maximum atomic E-state index is 11.4. The minimum atomic E-state index is -0.717. The molecule has 1 rings (SSSR count). The van der Waals surface area contributed by atoms with Crippen LogP contribution in [0.5, 0.6) is 0 Å². The van der Waals surface area contributed by atoms with Crippen LogP contribution in [-0.2, 0) is 4.79 Å². The summed E-state index contributed by atoms with van der Waals surface area (Å²) in [5, 5.41) is 9.84. The number of rotatable bonds is 3. The van der Waals surface area contributed by atoms with E-state index in [-0.39, 0.29) is 6.54 Å². The van der Waals surface area contributed by atoms with Gasteiger partial charge < -0.3 is 5.73 Å². The van der Waals surface area contributed by atoms with Gasteiger partial charge in [-0.2, -0.15) is 17.7 Å². The van der Waals surface area contributed by atoms with Crippen molar-refractivity contribution in [1.82, 2.24) is 0 Å². The molecule has 0 saturated carbocycles. The quantitative estimate of drug-likeness (QED) is 0.428. The van der Waals surface area contributed by atoms with Gasteiger partial charge in [0.1, 0.15) is 0 Å². The predicted octanol–water partition coefficient (Wildman–Crippen LogP) is 1.32. The lowest BCUT2D eigenvalue weighted by molar-refractivity contribution is -0.122. The van der Waals surface area contributed by atoms with Crippen LogP contribution >= 0.6 is 24.2 Å². The Morgan fingerprint density at radius 1 is 1.53 bits per heavy atom. The zero-order chi connectivity index (χ0) is 11.4. The number of anilines is 1. The highest BCUT2D eigenvalue weighted by molar-refractivity contribution is 7.81. The smallest absolute Gasteiger partial charge is 0.264 e. The molecule has 6 heteroatoms. The van der Waals surface area contributed by atoms with Crippen molar-refractivity contribution in [2.45, 2.75) is 5.25 Å². The number of amides is 1. The fourth-order valence-corrected chi connectivity index (χ4v) is 1.19. The summed E-state index contributed by atoms with van der Waals surface area (Å²) in [5.41, 5.74) is 5.59. The Labute approximate surface area is 98.0 Å². The number of thiol groups is 1. The monoisotopic (exact) mass is 246 g/mol. The molecule has 0 aliphatic heterocycles. The van der Waals surface area contributed by atoms with Crippen LogP contribution < -0.4 is 10.8 Å². The van der Waals surface area contributed by atoms with Gasteiger partial charge in [-0.05, 0) is 24.3 Å². The van der Waals surface area contributed by atoms with Gasteiger partial charge in [-0.15, -0.1) is 0 Å². The molecule has 1 amide bonds. The standard InChI is InChI=1S/C9H11ClN2O2S/c10-6-1-3-7(4-2-6)12(14)9(13)8(15)5-11/h1-4,8,14-15H,5,11H2. The number of nitrogens with zero attached hydrogens (tertiary/aromatic N) is 1. The van der Waals surface area contributed by atoms with Crippen LogP contribution in [0.15, 0.2) is 24.3 Å². The second kappa shape index (κ2) is 5.37. The van der Waals surface area contributed by atoms with Crippen LogP contribution in [0.4, 0.5) is 5.69 Å². The highest BCUT2D eigenvalue weighted by Crippen LogP contribution is 2.17. The van der Waals surface area contributed by atoms with Crippen molar-refractivity contribution in [1.29, 1.82) is 0 Å². The first-order valence-corrected chi connectivity index (χ1v) is 5.12. The first-order valence-electron chi connectivity index (χ1n) is 4.23. The lowest BCUT2D eigenvalue weighted by atomic mass is 10.3. The molecule has 0 bridgehead atoms. The van der Waals surface area contributed by atoms with Gasteiger partial charge in [0.15, 0.2) is 0 Å². The Balaban J connectivity index is 2.80. The third kappa shape index (κ3) is 3.10. The van der Waals surface area contributed by atoms with Crippen molar-refractivity contribution >= 4 is 35.8 Å². The topological polar surface area (TPSA) is 66.6 Å². The number of hydrogen-bond donors (Lipinski definition) is 3. The van der Waals surface area contributed by atoms with E-state index < -0.39 is 11.2 Å². The molecule has 0 aliphatic rings. The van der Waals surface area contributed by atoms with E-state index in [0.29, 0.717) is 15.8 Å². The molecule has 0 radical (unpaired) electrons. The summed E-state index contributed by atoms with van der Waals surface area (Å²) in [4.78, 5) is 11.4. The fourth-order valence-electron chi connectivity index (χ4n) is 0.952. The molecule has 3 N–H and O–H groups in total. The third-order valence-electron chi connectivity index (χ3n) is 1.79. The maximum Gasteiger partial charge on any atom is 0.264 e. The average Bonchev–Trinajstić information content (AvgIpc) is 2.27. The van der Waals surface area contributed by atoms with Gasteiger partial charge in [0.25, 0.3) is 5.91 Å². The van der Waals surface area contributed by atoms with Crippen molar-refractivity contribution < 1.29 is 10.0 Å². The zero-order valence-electron chi connectivity index (χ0n) is 7.80. The Hall–Kier alpha value is -0.750. The van der Waals surface area contributed by atoms with Crippen LogP contribution in [0.1, 0.15) is 0 Å². The largest absolute Gasteiger partial charge is 0.329 e. The molecule has 0 aliphatic carbocycles. The number of hydrogen-bond acceptors (Lipinski definition) is 4. The summed E-state index contributed by atoms with van der Waals surface area (Å²) in [6, 6.07) is 6.20. The number of carbonyl (C=O) groups excluding carboxylic acids is 1. The number of carbonyl (C=O) groups is 1. The summed E-state index contributed by atoms with van der Waals surface area (Å²) in [7, 11) is 0. The summed E-state index contributed by atoms with van der Waals surface area (Å²) in [6.45, 7) is 0.0621. The summed E-state index contributed by atoms with van der Waals surface area (Å²) < 4.78 is 0. The molecule has 15 heavy (non-hydrogen) atoms. The summed E-state index contributed by atoms with van der Waals surface area (Å²) in [5.74, 6) is -0.567. The van der Waals surface area contributed by atoms with Gasteiger partial charge in [0, 0.05) is 11.6 Å². The average molecular weight is 247 g/mol. The maximum absolute atomic E-state index is 11.4. The Bertz CT molecular complexity index is 344. The molecule has 4 nitrogen and oxygen atoms in total. The lowest BCUT2D eigenvalue weighted by Gasteiger charge is -2.17. The van der Waals surface area contributed by atoms with Crippen LogP contribution in [-0.4, -0.2) is 22.9 Å². The molecule has 1 aromatic carbocycles. The van der Waals surface area contributed by atoms with Gasteiger partial charge in [-0.1, -0.05) is 11.6 Å². The van der Waals surface area contributed by atoms with Gasteiger partial charge in [0.05, 0.1) is 10.9 Å². The lowest BCUT2D eigenvalue weighted by Crippen LogP contribution is -2.37. The minimum Gasteiger partial charge on any atom is -0.329 e. The van der Waals surface area contributed by atoms with E-state index in [9.17, 15) is 10.0 Å². The fraction of sp³-hybridized carbons (Fsp3) is 0.222. The van der Waals surface area contributed by atoms with Crippen molar-refractivity contribution in [3.05, 3.63) is 29.3 Å². The molecule has 0 saturated heterocycles. The molecule has 1 aromatic rings. The summed E-state index contributed by atoms with van der Waals surface area (Å²) >= 11 is 9.60. The van der Waals surface area contributed by atoms with Gasteiger partial charge in [-0.3, -0.25) is 10.0 Å². The van der Waals surface area contributed by atoms with E-state index in [4.69, 9.17) is 17.3 Å². The van der Waals surface area contributed by atoms with E-state index in [1.807, 2.05) is 0 Å². The van der Waals surface area contributed by atoms with Gasteiger partial charge in [0.2, 0.25) is 0 Å². The van der Waals surface area contributed by atoms with E-state index >= 15 is 0 Å². The number of nitrogens with two attached hydrogens (primary N) is 1. The molecule has 1 unspecified atom stereocenters. The Kier molecular flexibility index (Phi) is 4.41. The van der Waals surface area contributed by atoms with Crippen LogP contribution in [0.25, 0.3) is 0 Å². The predicted molar refractivity (Wildman–Crippen MR) is 62.6 cm³/mol. The second-order valence-corrected chi connectivity index (χ2v) is 3.94. The van der Waals surface area contributed by atoms with Crippen molar-refractivity contribution in [2.24, 2.45) is 5.73 Å². The van der Waals surface area contributed by atoms with Crippen LogP contribution in [0.2, 0.25) is 5.02 Å². The molecule has 0 aromatic heterocycles. The van der Waals surface area contributed by atoms with E-state index in [2.05, 4.69) is 12.6 Å². The number of hydroxylamine groups is 1. The highest BCUT2D eigenvalue weighted by Gasteiger charge is 2.19. The number of halogens is 1. The molecule has 82 valence electrons. The van der Waals surface area contributed by atoms with Gasteiger partial charge in [-0.25, -0.2) is 0 Å². The number of benzene rings is 1. The van der Waals surface area contributed by atoms with Crippen LogP contribution in [0, 0.1) is 0 Å². The van der Waals surface area contributed by atoms with Crippen molar-refractivity contribution in [2.75, 3.05) is 11.6 Å². The minimum absolute atomic E-state index is 0.0621. The molecule has 0 spiro atoms. The van der Waals surface area contributed by atoms with Gasteiger partial charge >= 0.3 is 0 Å². The van der Waals surface area contributed by atoms with Crippen molar-refractivity contribution in [3.8, 4) is 0 Å². The SMILES string of the molecule is NCC(S)C(=O)N(O)c1ccc(Cl)cc1. The molecular formula is C9H11ClN2O2S. The van der Waals surface area contributed by atoms with E-state index in [1.54, 1.807) is 12.1 Å². The van der Waals surface area contributed by atoms with E-state index in [0.717, 1.165) is 0 Å². The molecule has 0 fully saturated rings. The molecule has 1 atom stereocenters. The first kappa shape index (κ1) is 12.3. The summed E-state index contributed by atoms with van der Waals surface area (Å²) in [6.07, 6.45) is 0. The Morgan fingerprint density at radius 3 is 2.53 bits per heavy atom. The van der Waals surface area contributed by atoms with Crippen molar-refractivity contribution in [3.63, 3.8) is 0 Å². The molecular weight excluding hydrogens is 236 g/mol. The van der Waals surface area contributed by atoms with Crippen LogP contribution in [0.3, 0.4) is 0 Å². The van der Waals surface area contributed by atoms with E-state index in [1.165, 1.54) is 12.1 Å². The third-order valence-corrected chi connectivity index (χ3v) is 2.47. The Morgan fingerprint density at radius 2 is 2.07 bits per heavy atom. The highest BCUT2D eigenvalue weighted by atomic mass is 35.5. The normalized spacial score (nSPS) is 12.3. The zero-order valence-corrected chi connectivity index (χ0v) is 9.45. The second-order valence-electron chi connectivity index (χ2n) is 2.88. The first-order chi connectivity index (χ1) is 7.06.